The molecular formula is C13H15F3N2O2. The molecule has 1 heterocycles. The lowest BCUT2D eigenvalue weighted by Gasteiger charge is -2.35. The van der Waals surface area contributed by atoms with E-state index in [0.29, 0.717) is 26.2 Å². The molecule has 0 aliphatic carbocycles. The molecule has 1 aliphatic rings. The second kappa shape index (κ2) is 5.60. The van der Waals surface area contributed by atoms with Crippen LogP contribution in [0.4, 0.5) is 23.7 Å². The Labute approximate surface area is 114 Å². The number of piperazine rings is 1. The first-order valence-corrected chi connectivity index (χ1v) is 6.17. The van der Waals surface area contributed by atoms with E-state index < -0.39 is 11.7 Å². The number of nitrogens with zero attached hydrogens (tertiary/aromatic N) is 2. The van der Waals surface area contributed by atoms with E-state index in [2.05, 4.69) is 4.74 Å². The van der Waals surface area contributed by atoms with Gasteiger partial charge in [-0.2, -0.15) is 13.2 Å². The average Bonchev–Trinajstić information content (AvgIpc) is 2.46. The highest BCUT2D eigenvalue weighted by Crippen LogP contribution is 2.30. The van der Waals surface area contributed by atoms with Crippen molar-refractivity contribution in [1.82, 2.24) is 4.90 Å². The van der Waals surface area contributed by atoms with Gasteiger partial charge in [0.15, 0.2) is 0 Å². The zero-order chi connectivity index (χ0) is 14.8. The van der Waals surface area contributed by atoms with Crippen LogP contribution < -0.4 is 4.90 Å². The van der Waals surface area contributed by atoms with Gasteiger partial charge in [0.05, 0.1) is 12.7 Å². The molecule has 0 spiro atoms. The molecule has 0 atom stereocenters. The van der Waals surface area contributed by atoms with Crippen LogP contribution in [-0.2, 0) is 10.9 Å². The fraction of sp³-hybridized carbons (Fsp3) is 0.462. The summed E-state index contributed by atoms with van der Waals surface area (Å²) in [7, 11) is 1.32. The lowest BCUT2D eigenvalue weighted by Crippen LogP contribution is -2.48. The third-order valence-corrected chi connectivity index (χ3v) is 3.27. The number of benzene rings is 1. The minimum atomic E-state index is -4.32. The van der Waals surface area contributed by atoms with Crippen LogP contribution in [0, 0.1) is 0 Å². The number of carbonyl (C=O) groups excluding carboxylic acids is 1. The van der Waals surface area contributed by atoms with Crippen molar-refractivity contribution in [2.24, 2.45) is 0 Å². The van der Waals surface area contributed by atoms with Crippen molar-refractivity contribution < 1.29 is 22.7 Å². The van der Waals surface area contributed by atoms with Crippen molar-refractivity contribution in [1.29, 1.82) is 0 Å². The summed E-state index contributed by atoms with van der Waals surface area (Å²) in [5, 5.41) is 0. The van der Waals surface area contributed by atoms with E-state index in [1.54, 1.807) is 4.90 Å². The lowest BCUT2D eigenvalue weighted by atomic mass is 10.1. The molecule has 110 valence electrons. The van der Waals surface area contributed by atoms with Crippen molar-refractivity contribution in [3.63, 3.8) is 0 Å². The molecule has 0 bridgehead atoms. The van der Waals surface area contributed by atoms with Crippen molar-refractivity contribution >= 4 is 11.8 Å². The van der Waals surface area contributed by atoms with Gasteiger partial charge in [0.1, 0.15) is 0 Å². The highest BCUT2D eigenvalue weighted by atomic mass is 19.4. The van der Waals surface area contributed by atoms with E-state index in [1.807, 2.05) is 4.90 Å². The standard InChI is InChI=1S/C13H15F3N2O2/c1-20-12(19)18-8-6-17(7-9-18)11-4-2-10(3-5-11)13(14,15)16/h2-5H,6-9H2,1H3. The monoisotopic (exact) mass is 288 g/mol. The lowest BCUT2D eigenvalue weighted by molar-refractivity contribution is -0.137. The van der Waals surface area contributed by atoms with E-state index >= 15 is 0 Å². The van der Waals surface area contributed by atoms with Crippen LogP contribution in [0.2, 0.25) is 0 Å². The largest absolute Gasteiger partial charge is 0.453 e. The third kappa shape index (κ3) is 3.15. The number of rotatable bonds is 1. The number of amides is 1. The summed E-state index contributed by atoms with van der Waals surface area (Å²) in [5.41, 5.74) is 0.0666. The zero-order valence-electron chi connectivity index (χ0n) is 11.0. The van der Waals surface area contributed by atoms with Gasteiger partial charge in [0, 0.05) is 31.9 Å². The SMILES string of the molecule is COC(=O)N1CCN(c2ccc(C(F)(F)F)cc2)CC1. The van der Waals surface area contributed by atoms with E-state index in [-0.39, 0.29) is 6.09 Å². The van der Waals surface area contributed by atoms with Gasteiger partial charge in [0.2, 0.25) is 0 Å². The van der Waals surface area contributed by atoms with Crippen molar-refractivity contribution in [3.8, 4) is 0 Å². The summed E-state index contributed by atoms with van der Waals surface area (Å²) < 4.78 is 42.0. The maximum Gasteiger partial charge on any atom is 0.416 e. The van der Waals surface area contributed by atoms with Crippen LogP contribution in [0.1, 0.15) is 5.56 Å². The molecule has 0 N–H and O–H groups in total. The number of halogens is 3. The molecule has 1 aromatic rings. The molecule has 2 rings (SSSR count). The molecule has 0 aromatic heterocycles. The summed E-state index contributed by atoms with van der Waals surface area (Å²) in [5.74, 6) is 0. The topological polar surface area (TPSA) is 32.8 Å². The second-order valence-corrected chi connectivity index (χ2v) is 4.49. The maximum atomic E-state index is 12.5. The Balaban J connectivity index is 1.99. The van der Waals surface area contributed by atoms with Crippen LogP contribution in [0.5, 0.6) is 0 Å². The number of hydrogen-bond acceptors (Lipinski definition) is 3. The quantitative estimate of drug-likeness (QED) is 0.796. The van der Waals surface area contributed by atoms with Crippen molar-refractivity contribution in [2.45, 2.75) is 6.18 Å². The second-order valence-electron chi connectivity index (χ2n) is 4.49. The van der Waals surface area contributed by atoms with Crippen LogP contribution >= 0.6 is 0 Å². The summed E-state index contributed by atoms with van der Waals surface area (Å²) >= 11 is 0. The minimum Gasteiger partial charge on any atom is -0.453 e. The average molecular weight is 288 g/mol. The minimum absolute atomic E-state index is 0.378. The zero-order valence-corrected chi connectivity index (χ0v) is 11.0. The van der Waals surface area contributed by atoms with Crippen molar-refractivity contribution in [3.05, 3.63) is 29.8 Å². The number of carbonyl (C=O) groups is 1. The van der Waals surface area contributed by atoms with Gasteiger partial charge < -0.3 is 14.5 Å². The molecule has 7 heteroatoms. The van der Waals surface area contributed by atoms with Gasteiger partial charge in [-0.25, -0.2) is 4.79 Å². The number of ether oxygens (including phenoxy) is 1. The Bertz CT molecular complexity index is 465. The highest BCUT2D eigenvalue weighted by Gasteiger charge is 2.30. The first kappa shape index (κ1) is 14.5. The highest BCUT2D eigenvalue weighted by molar-refractivity contribution is 5.68. The molecular weight excluding hydrogens is 273 g/mol. The van der Waals surface area contributed by atoms with Crippen LogP contribution in [0.15, 0.2) is 24.3 Å². The molecule has 0 unspecified atom stereocenters. The number of methoxy groups -OCH3 is 1. The molecule has 1 saturated heterocycles. The number of alkyl halides is 3. The third-order valence-electron chi connectivity index (χ3n) is 3.27. The first-order chi connectivity index (χ1) is 9.41. The van der Waals surface area contributed by atoms with E-state index in [1.165, 1.54) is 19.2 Å². The summed E-state index contributed by atoms with van der Waals surface area (Å²) in [6.45, 7) is 2.13. The Morgan fingerprint density at radius 1 is 1.10 bits per heavy atom. The molecule has 1 fully saturated rings. The van der Waals surface area contributed by atoms with E-state index in [0.717, 1.165) is 17.8 Å². The predicted molar refractivity (Wildman–Crippen MR) is 67.6 cm³/mol. The van der Waals surface area contributed by atoms with Gasteiger partial charge in [-0.05, 0) is 24.3 Å². The molecule has 0 radical (unpaired) electrons. The van der Waals surface area contributed by atoms with Crippen LogP contribution in [0.25, 0.3) is 0 Å². The molecule has 0 saturated carbocycles. The Hall–Kier alpha value is -1.92. The molecule has 1 aliphatic heterocycles. The smallest absolute Gasteiger partial charge is 0.416 e. The van der Waals surface area contributed by atoms with E-state index in [4.69, 9.17) is 0 Å². The normalized spacial score (nSPS) is 16.2. The molecule has 1 aromatic carbocycles. The van der Waals surface area contributed by atoms with Crippen molar-refractivity contribution in [2.75, 3.05) is 38.2 Å². The molecule has 20 heavy (non-hydrogen) atoms. The van der Waals surface area contributed by atoms with Gasteiger partial charge >= 0.3 is 12.3 Å². The number of anilines is 1. The Kier molecular flexibility index (Phi) is 4.06. The molecule has 1 amide bonds. The predicted octanol–water partition coefficient (Wildman–Crippen LogP) is 2.59. The van der Waals surface area contributed by atoms with Crippen LogP contribution in [0.3, 0.4) is 0 Å². The van der Waals surface area contributed by atoms with Crippen LogP contribution in [-0.4, -0.2) is 44.3 Å². The van der Waals surface area contributed by atoms with E-state index in [9.17, 15) is 18.0 Å². The fourth-order valence-electron chi connectivity index (χ4n) is 2.14. The summed E-state index contributed by atoms with van der Waals surface area (Å²) in [6.07, 6.45) is -4.70. The van der Waals surface area contributed by atoms with Gasteiger partial charge in [-0.15, -0.1) is 0 Å². The number of hydrogen-bond donors (Lipinski definition) is 0. The maximum absolute atomic E-state index is 12.5. The first-order valence-electron chi connectivity index (χ1n) is 6.17. The summed E-state index contributed by atoms with van der Waals surface area (Å²) in [6, 6.07) is 5.05. The fourth-order valence-corrected chi connectivity index (χ4v) is 2.14. The van der Waals surface area contributed by atoms with Gasteiger partial charge in [0.25, 0.3) is 0 Å². The summed E-state index contributed by atoms with van der Waals surface area (Å²) in [4.78, 5) is 14.8. The Morgan fingerprint density at radius 3 is 2.10 bits per heavy atom. The molecule has 4 nitrogen and oxygen atoms in total. The van der Waals surface area contributed by atoms with Gasteiger partial charge in [-0.3, -0.25) is 0 Å². The van der Waals surface area contributed by atoms with Gasteiger partial charge in [-0.1, -0.05) is 0 Å². The Morgan fingerprint density at radius 2 is 1.65 bits per heavy atom.